The van der Waals surface area contributed by atoms with Crippen LogP contribution in [-0.4, -0.2) is 17.7 Å². The molecule has 0 spiro atoms. The molecular weight excluding hydrogens is 271 g/mol. The number of hydrogen-bond donors (Lipinski definition) is 1. The maximum Gasteiger partial charge on any atom is 0.341 e. The highest BCUT2D eigenvalue weighted by molar-refractivity contribution is 5.89. The van der Waals surface area contributed by atoms with Gasteiger partial charge in [0.15, 0.2) is 0 Å². The second kappa shape index (κ2) is 10.2. The molecule has 0 aliphatic heterocycles. The van der Waals surface area contributed by atoms with Crippen LogP contribution in [0.15, 0.2) is 18.2 Å². The number of phenolic OH excluding ortho intramolecular Hbond substituents is 1. The number of halogens is 1. The Morgan fingerprint density at radius 2 is 1.71 bits per heavy atom. The second-order valence-corrected chi connectivity index (χ2v) is 5.27. The molecule has 0 saturated carbocycles. The number of carbonyl (C=O) groups excluding carboxylic acids is 1. The highest BCUT2D eigenvalue weighted by Gasteiger charge is 2.13. The normalized spacial score (nSPS) is 10.6. The first-order chi connectivity index (χ1) is 10.1. The molecule has 0 fully saturated rings. The van der Waals surface area contributed by atoms with Crippen LogP contribution in [0.3, 0.4) is 0 Å². The molecule has 1 aromatic rings. The molecule has 0 unspecified atom stereocenters. The zero-order valence-electron chi connectivity index (χ0n) is 12.7. The maximum atomic E-state index is 13.4. The average Bonchev–Trinajstić information content (AvgIpc) is 2.45. The van der Waals surface area contributed by atoms with Crippen molar-refractivity contribution >= 4 is 5.97 Å². The number of phenols is 1. The van der Waals surface area contributed by atoms with Crippen molar-refractivity contribution in [1.29, 1.82) is 0 Å². The van der Waals surface area contributed by atoms with E-state index >= 15 is 0 Å². The molecule has 1 aromatic carbocycles. The van der Waals surface area contributed by atoms with Crippen LogP contribution in [0.1, 0.15) is 68.6 Å². The molecule has 0 saturated heterocycles. The molecule has 21 heavy (non-hydrogen) atoms. The van der Waals surface area contributed by atoms with Crippen LogP contribution in [-0.2, 0) is 4.74 Å². The number of esters is 1. The van der Waals surface area contributed by atoms with Gasteiger partial charge in [-0.15, -0.1) is 0 Å². The van der Waals surface area contributed by atoms with Crippen LogP contribution in [0.4, 0.5) is 4.39 Å². The number of rotatable bonds is 10. The third-order valence-corrected chi connectivity index (χ3v) is 3.40. The van der Waals surface area contributed by atoms with E-state index in [4.69, 9.17) is 9.84 Å². The first kappa shape index (κ1) is 17.5. The monoisotopic (exact) mass is 296 g/mol. The molecule has 0 amide bonds. The molecule has 0 bridgehead atoms. The number of hydrogen-bond acceptors (Lipinski definition) is 3. The van der Waals surface area contributed by atoms with Crippen molar-refractivity contribution in [3.63, 3.8) is 0 Å². The van der Waals surface area contributed by atoms with E-state index in [0.717, 1.165) is 25.3 Å². The number of carbonyl (C=O) groups is 1. The molecule has 1 N–H and O–H groups in total. The largest absolute Gasteiger partial charge is 0.508 e. The Kier molecular flexibility index (Phi) is 8.48. The molecule has 0 radical (unpaired) electrons. The number of unbranched alkanes of at least 4 members (excludes halogenated alkanes) is 7. The fourth-order valence-corrected chi connectivity index (χ4v) is 2.15. The highest BCUT2D eigenvalue weighted by atomic mass is 19.1. The van der Waals surface area contributed by atoms with E-state index in [2.05, 4.69) is 6.92 Å². The van der Waals surface area contributed by atoms with Gasteiger partial charge in [-0.1, -0.05) is 51.9 Å². The lowest BCUT2D eigenvalue weighted by atomic mass is 10.1. The minimum absolute atomic E-state index is 0.132. The summed E-state index contributed by atoms with van der Waals surface area (Å²) in [7, 11) is 0. The van der Waals surface area contributed by atoms with E-state index in [1.54, 1.807) is 0 Å². The molecule has 0 heterocycles. The zero-order chi connectivity index (χ0) is 15.5. The number of benzene rings is 1. The standard InChI is InChI=1S/C17H25FO3/c1-2-3-4-5-6-7-8-9-12-21-17(20)15-11-10-14(19)13-16(15)18/h10-11,13,19H,2-9,12H2,1H3. The van der Waals surface area contributed by atoms with E-state index in [-0.39, 0.29) is 11.3 Å². The quantitative estimate of drug-likeness (QED) is 0.497. The van der Waals surface area contributed by atoms with Crippen molar-refractivity contribution in [1.82, 2.24) is 0 Å². The van der Waals surface area contributed by atoms with Crippen molar-refractivity contribution < 1.29 is 19.0 Å². The Bertz CT molecular complexity index is 432. The van der Waals surface area contributed by atoms with Gasteiger partial charge in [-0.25, -0.2) is 9.18 Å². The molecule has 118 valence electrons. The third kappa shape index (κ3) is 7.11. The van der Waals surface area contributed by atoms with Crippen LogP contribution in [0.2, 0.25) is 0 Å². The molecule has 3 nitrogen and oxygen atoms in total. The summed E-state index contributed by atoms with van der Waals surface area (Å²) in [6, 6.07) is 3.42. The average molecular weight is 296 g/mol. The van der Waals surface area contributed by atoms with Crippen LogP contribution in [0.5, 0.6) is 5.75 Å². The van der Waals surface area contributed by atoms with Gasteiger partial charge in [0.1, 0.15) is 11.6 Å². The van der Waals surface area contributed by atoms with E-state index < -0.39 is 11.8 Å². The van der Waals surface area contributed by atoms with Crippen molar-refractivity contribution in [3.8, 4) is 5.75 Å². The number of aromatic hydroxyl groups is 1. The van der Waals surface area contributed by atoms with Crippen molar-refractivity contribution in [2.75, 3.05) is 6.61 Å². The molecule has 4 heteroatoms. The van der Waals surface area contributed by atoms with Gasteiger partial charge in [-0.2, -0.15) is 0 Å². The molecule has 1 rings (SSSR count). The summed E-state index contributed by atoms with van der Waals surface area (Å²) in [5.74, 6) is -1.63. The molecule has 0 atom stereocenters. The summed E-state index contributed by atoms with van der Waals surface area (Å²) in [6.07, 6.45) is 9.32. The maximum absolute atomic E-state index is 13.4. The van der Waals surface area contributed by atoms with Gasteiger partial charge in [0.25, 0.3) is 0 Å². The zero-order valence-corrected chi connectivity index (χ0v) is 12.7. The Labute approximate surface area is 126 Å². The van der Waals surface area contributed by atoms with Crippen molar-refractivity contribution in [2.24, 2.45) is 0 Å². The van der Waals surface area contributed by atoms with Gasteiger partial charge in [0, 0.05) is 6.07 Å². The van der Waals surface area contributed by atoms with Gasteiger partial charge >= 0.3 is 5.97 Å². The Morgan fingerprint density at radius 1 is 1.10 bits per heavy atom. The van der Waals surface area contributed by atoms with Crippen LogP contribution < -0.4 is 0 Å². The van der Waals surface area contributed by atoms with E-state index in [1.807, 2.05) is 0 Å². The van der Waals surface area contributed by atoms with E-state index in [9.17, 15) is 9.18 Å². The predicted molar refractivity (Wildman–Crippen MR) is 81.0 cm³/mol. The number of ether oxygens (including phenoxy) is 1. The van der Waals surface area contributed by atoms with Crippen LogP contribution in [0.25, 0.3) is 0 Å². The second-order valence-electron chi connectivity index (χ2n) is 5.27. The van der Waals surface area contributed by atoms with Crippen molar-refractivity contribution in [2.45, 2.75) is 58.3 Å². The molecule has 0 aliphatic carbocycles. The first-order valence-corrected chi connectivity index (χ1v) is 7.80. The topological polar surface area (TPSA) is 46.5 Å². The smallest absolute Gasteiger partial charge is 0.341 e. The van der Waals surface area contributed by atoms with Crippen LogP contribution >= 0.6 is 0 Å². The Hall–Kier alpha value is -1.58. The van der Waals surface area contributed by atoms with Crippen LogP contribution in [0, 0.1) is 5.82 Å². The Morgan fingerprint density at radius 3 is 2.33 bits per heavy atom. The summed E-state index contributed by atoms with van der Waals surface area (Å²) in [5.41, 5.74) is -0.132. The first-order valence-electron chi connectivity index (χ1n) is 7.80. The molecule has 0 aromatic heterocycles. The summed E-state index contributed by atoms with van der Waals surface area (Å²) in [4.78, 5) is 11.6. The minimum atomic E-state index is -0.754. The fraction of sp³-hybridized carbons (Fsp3) is 0.588. The van der Waals surface area contributed by atoms with Crippen molar-refractivity contribution in [3.05, 3.63) is 29.6 Å². The van der Waals surface area contributed by atoms with E-state index in [1.165, 1.54) is 44.2 Å². The predicted octanol–water partition coefficient (Wildman–Crippen LogP) is 4.83. The van der Waals surface area contributed by atoms with Gasteiger partial charge in [-0.05, 0) is 18.6 Å². The van der Waals surface area contributed by atoms with Gasteiger partial charge < -0.3 is 9.84 Å². The lowest BCUT2D eigenvalue weighted by Crippen LogP contribution is -2.08. The third-order valence-electron chi connectivity index (χ3n) is 3.40. The highest BCUT2D eigenvalue weighted by Crippen LogP contribution is 2.16. The molecule has 0 aliphatic rings. The SMILES string of the molecule is CCCCCCCCCCOC(=O)c1ccc(O)cc1F. The minimum Gasteiger partial charge on any atom is -0.508 e. The molecular formula is C17H25FO3. The van der Waals surface area contributed by atoms with Gasteiger partial charge in [0.2, 0.25) is 0 Å². The van der Waals surface area contributed by atoms with Gasteiger partial charge in [-0.3, -0.25) is 0 Å². The van der Waals surface area contributed by atoms with Gasteiger partial charge in [0.05, 0.1) is 12.2 Å². The summed E-state index contributed by atoms with van der Waals surface area (Å²) >= 11 is 0. The summed E-state index contributed by atoms with van der Waals surface area (Å²) in [6.45, 7) is 2.51. The summed E-state index contributed by atoms with van der Waals surface area (Å²) < 4.78 is 18.5. The fourth-order valence-electron chi connectivity index (χ4n) is 2.15. The lowest BCUT2D eigenvalue weighted by molar-refractivity contribution is 0.0492. The lowest BCUT2D eigenvalue weighted by Gasteiger charge is -2.06. The Balaban J connectivity index is 2.11. The summed E-state index contributed by atoms with van der Waals surface area (Å²) in [5, 5.41) is 9.08. The van der Waals surface area contributed by atoms with E-state index in [0.29, 0.717) is 6.61 Å².